The number of ether oxygens (including phenoxy) is 4. The number of carbonyl (C=O) groups excluding carboxylic acids is 1. The van der Waals surface area contributed by atoms with Crippen LogP contribution in [0.2, 0.25) is 0 Å². The van der Waals surface area contributed by atoms with Gasteiger partial charge in [-0.25, -0.2) is 26.6 Å². The Labute approximate surface area is 267 Å². The minimum atomic E-state index is -4.34. The van der Waals surface area contributed by atoms with Crippen molar-refractivity contribution in [2.75, 3.05) is 36.6 Å². The van der Waals surface area contributed by atoms with Crippen molar-refractivity contribution in [1.29, 1.82) is 0 Å². The summed E-state index contributed by atoms with van der Waals surface area (Å²) in [6.45, 7) is 5.32. The number of carbonyl (C=O) groups is 1. The molecule has 4 aromatic rings. The van der Waals surface area contributed by atoms with E-state index in [9.17, 15) is 21.6 Å². The van der Waals surface area contributed by atoms with E-state index >= 15 is 0 Å². The number of aromatic nitrogens is 3. The predicted molar refractivity (Wildman–Crippen MR) is 169 cm³/mol. The molecule has 0 saturated heterocycles. The SMILES string of the molecule is COc1ccccc1Oc1c(NS(=O)(=O)c2ccc(C(C)(C)C)cc2)nc(S(C)(=O)=O)nc1OCCOC(=O)Nc1ccccn1. The summed E-state index contributed by atoms with van der Waals surface area (Å²) >= 11 is 0. The highest BCUT2D eigenvalue weighted by Crippen LogP contribution is 2.41. The highest BCUT2D eigenvalue weighted by atomic mass is 32.2. The summed E-state index contributed by atoms with van der Waals surface area (Å²) in [5, 5.41) is 1.69. The first kappa shape index (κ1) is 33.9. The number of anilines is 2. The van der Waals surface area contributed by atoms with Crippen molar-refractivity contribution in [3.63, 3.8) is 0 Å². The molecule has 244 valence electrons. The second-order valence-corrected chi connectivity index (χ2v) is 14.3. The summed E-state index contributed by atoms with van der Waals surface area (Å²) in [6.07, 6.45) is 1.52. The zero-order valence-electron chi connectivity index (χ0n) is 25.7. The van der Waals surface area contributed by atoms with Crippen LogP contribution in [0, 0.1) is 0 Å². The Morgan fingerprint density at radius 3 is 2.15 bits per heavy atom. The lowest BCUT2D eigenvalue weighted by Gasteiger charge is -2.20. The molecule has 1 amide bonds. The summed E-state index contributed by atoms with van der Waals surface area (Å²) in [4.78, 5) is 24.0. The Morgan fingerprint density at radius 2 is 1.54 bits per heavy atom. The number of nitrogens with zero attached hydrogens (tertiary/aromatic N) is 3. The van der Waals surface area contributed by atoms with Crippen LogP contribution in [-0.2, 0) is 30.0 Å². The van der Waals surface area contributed by atoms with Gasteiger partial charge in [0.05, 0.1) is 12.0 Å². The molecule has 2 N–H and O–H groups in total. The fraction of sp³-hybridized carbons (Fsp3) is 0.267. The molecule has 0 aliphatic carbocycles. The van der Waals surface area contributed by atoms with Crippen molar-refractivity contribution in [2.45, 2.75) is 36.2 Å². The third kappa shape index (κ3) is 8.82. The largest absolute Gasteiger partial charge is 0.493 e. The number of para-hydroxylation sites is 2. The molecule has 14 nitrogen and oxygen atoms in total. The first-order valence-electron chi connectivity index (χ1n) is 13.7. The number of rotatable bonds is 12. The maximum absolute atomic E-state index is 13.5. The van der Waals surface area contributed by atoms with E-state index in [2.05, 4.69) is 25.0 Å². The summed E-state index contributed by atoms with van der Waals surface area (Å²) < 4.78 is 76.7. The third-order valence-electron chi connectivity index (χ3n) is 6.14. The second-order valence-electron chi connectivity index (χ2n) is 10.7. The van der Waals surface area contributed by atoms with E-state index in [0.29, 0.717) is 0 Å². The second kappa shape index (κ2) is 14.0. The highest BCUT2D eigenvalue weighted by molar-refractivity contribution is 7.92. The van der Waals surface area contributed by atoms with Crippen molar-refractivity contribution >= 4 is 37.6 Å². The Kier molecular flexibility index (Phi) is 10.3. The van der Waals surface area contributed by atoms with Crippen LogP contribution in [0.1, 0.15) is 26.3 Å². The van der Waals surface area contributed by atoms with Gasteiger partial charge in [-0.1, -0.05) is 51.1 Å². The molecule has 0 spiro atoms. The van der Waals surface area contributed by atoms with Gasteiger partial charge in [0.25, 0.3) is 21.1 Å². The molecule has 46 heavy (non-hydrogen) atoms. The average molecular weight is 672 g/mol. The average Bonchev–Trinajstić information content (AvgIpc) is 3.00. The van der Waals surface area contributed by atoms with Crippen molar-refractivity contribution in [3.8, 4) is 23.1 Å². The normalized spacial score (nSPS) is 11.8. The number of sulfonamides is 1. The van der Waals surface area contributed by atoms with Crippen molar-refractivity contribution in [3.05, 3.63) is 78.5 Å². The summed E-state index contributed by atoms with van der Waals surface area (Å²) in [5.41, 5.74) is 0.678. The van der Waals surface area contributed by atoms with Gasteiger partial charge in [0, 0.05) is 12.5 Å². The molecule has 0 unspecified atom stereocenters. The van der Waals surface area contributed by atoms with Crippen LogP contribution in [0.4, 0.5) is 16.4 Å². The van der Waals surface area contributed by atoms with Crippen LogP contribution in [-0.4, -0.2) is 64.5 Å². The number of hydrogen-bond acceptors (Lipinski definition) is 12. The van der Waals surface area contributed by atoms with Gasteiger partial charge in [0.2, 0.25) is 15.6 Å². The van der Waals surface area contributed by atoms with Gasteiger partial charge >= 0.3 is 6.09 Å². The van der Waals surface area contributed by atoms with Gasteiger partial charge in [-0.3, -0.25) is 10.0 Å². The van der Waals surface area contributed by atoms with E-state index in [1.54, 1.807) is 48.5 Å². The number of hydrogen-bond donors (Lipinski definition) is 2. The topological polar surface area (TPSA) is 185 Å². The van der Waals surface area contributed by atoms with E-state index in [4.69, 9.17) is 18.9 Å². The highest BCUT2D eigenvalue weighted by Gasteiger charge is 2.28. The van der Waals surface area contributed by atoms with E-state index in [0.717, 1.165) is 11.8 Å². The van der Waals surface area contributed by atoms with E-state index in [1.165, 1.54) is 31.5 Å². The van der Waals surface area contributed by atoms with E-state index < -0.39 is 42.8 Å². The van der Waals surface area contributed by atoms with Crippen LogP contribution >= 0.6 is 0 Å². The predicted octanol–water partition coefficient (Wildman–Crippen LogP) is 4.80. The molecule has 0 aliphatic rings. The first-order chi connectivity index (χ1) is 21.7. The molecule has 2 aromatic heterocycles. The summed E-state index contributed by atoms with van der Waals surface area (Å²) in [7, 11) is -7.02. The molecule has 0 bridgehead atoms. The molecular weight excluding hydrogens is 638 g/mol. The molecule has 0 aliphatic heterocycles. The molecule has 0 radical (unpaired) electrons. The minimum Gasteiger partial charge on any atom is -0.493 e. The fourth-order valence-electron chi connectivity index (χ4n) is 3.82. The Balaban J connectivity index is 1.69. The number of amides is 1. The van der Waals surface area contributed by atoms with Crippen molar-refractivity contribution < 1.29 is 40.6 Å². The van der Waals surface area contributed by atoms with Gasteiger partial charge in [-0.05, 0) is 47.4 Å². The standard InChI is InChI=1S/C30H33N5O9S2/c1-30(2,3)20-13-15-21(16-14-20)46(39,40)35-26-25(44-23-11-7-6-10-22(23)41-4)27(34-28(33-26)45(5,37)38)42-18-19-43-29(36)32-24-12-8-9-17-31-24/h6-17H,18-19H2,1-5H3,(H,31,32,36)(H,33,34,35). The van der Waals surface area contributed by atoms with Gasteiger partial charge in [0.15, 0.2) is 17.3 Å². The molecule has 16 heteroatoms. The number of sulfone groups is 1. The Bertz CT molecular complexity index is 1900. The van der Waals surface area contributed by atoms with Crippen molar-refractivity contribution in [2.24, 2.45) is 0 Å². The lowest BCUT2D eigenvalue weighted by atomic mass is 9.87. The molecule has 4 rings (SSSR count). The molecule has 0 fully saturated rings. The number of nitrogens with one attached hydrogen (secondary N) is 2. The zero-order chi connectivity index (χ0) is 33.5. The van der Waals surface area contributed by atoms with Crippen LogP contribution in [0.5, 0.6) is 23.1 Å². The summed E-state index contributed by atoms with van der Waals surface area (Å²) in [5.74, 6) is -0.696. The Hall–Kier alpha value is -4.96. The van der Waals surface area contributed by atoms with Gasteiger partial charge in [-0.2, -0.15) is 9.97 Å². The molecule has 0 saturated carbocycles. The molecule has 2 heterocycles. The van der Waals surface area contributed by atoms with Gasteiger partial charge in [-0.15, -0.1) is 0 Å². The lowest BCUT2D eigenvalue weighted by molar-refractivity contribution is 0.135. The van der Waals surface area contributed by atoms with Crippen molar-refractivity contribution in [1.82, 2.24) is 15.0 Å². The van der Waals surface area contributed by atoms with Crippen LogP contribution in [0.25, 0.3) is 0 Å². The zero-order valence-corrected chi connectivity index (χ0v) is 27.3. The van der Waals surface area contributed by atoms with Gasteiger partial charge in [0.1, 0.15) is 19.0 Å². The molecule has 2 aromatic carbocycles. The van der Waals surface area contributed by atoms with Crippen LogP contribution in [0.15, 0.2) is 83.0 Å². The smallest absolute Gasteiger partial charge is 0.412 e. The maximum Gasteiger partial charge on any atom is 0.412 e. The number of pyridine rings is 1. The number of benzene rings is 2. The minimum absolute atomic E-state index is 0.113. The molecular formula is C30H33N5O9S2. The van der Waals surface area contributed by atoms with Gasteiger partial charge < -0.3 is 18.9 Å². The van der Waals surface area contributed by atoms with Crippen LogP contribution < -0.4 is 24.2 Å². The van der Waals surface area contributed by atoms with E-state index in [1.807, 2.05) is 20.8 Å². The molecule has 0 atom stereocenters. The maximum atomic E-state index is 13.5. The quantitative estimate of drug-likeness (QED) is 0.155. The lowest BCUT2D eigenvalue weighted by Crippen LogP contribution is -2.20. The number of methoxy groups -OCH3 is 1. The van der Waals surface area contributed by atoms with Crippen LogP contribution in [0.3, 0.4) is 0 Å². The van der Waals surface area contributed by atoms with E-state index in [-0.39, 0.29) is 46.6 Å². The third-order valence-corrected chi connectivity index (χ3v) is 8.34. The Morgan fingerprint density at radius 1 is 0.870 bits per heavy atom. The fourth-order valence-corrected chi connectivity index (χ4v) is 5.33. The first-order valence-corrected chi connectivity index (χ1v) is 17.1. The summed E-state index contributed by atoms with van der Waals surface area (Å²) in [6, 6.07) is 17.6. The monoisotopic (exact) mass is 671 g/mol.